The second-order valence-electron chi connectivity index (χ2n) is 7.86. The van der Waals surface area contributed by atoms with Crippen molar-refractivity contribution in [1.29, 1.82) is 0 Å². The van der Waals surface area contributed by atoms with Crippen molar-refractivity contribution in [2.24, 2.45) is 5.10 Å². The lowest BCUT2D eigenvalue weighted by molar-refractivity contribution is 0.0698. The number of hydrogen-bond acceptors (Lipinski definition) is 6. The fraction of sp³-hybridized carbons (Fsp3) is 0.250. The van der Waals surface area contributed by atoms with Gasteiger partial charge >= 0.3 is 5.97 Å². The van der Waals surface area contributed by atoms with Gasteiger partial charge in [0.05, 0.1) is 11.3 Å². The van der Waals surface area contributed by atoms with E-state index in [-0.39, 0.29) is 11.7 Å². The molecule has 1 N–H and O–H groups in total. The van der Waals surface area contributed by atoms with E-state index < -0.39 is 5.97 Å². The van der Waals surface area contributed by atoms with Crippen molar-refractivity contribution in [2.75, 3.05) is 0 Å². The van der Waals surface area contributed by atoms with Gasteiger partial charge in [-0.25, -0.2) is 10.2 Å². The molecule has 2 heterocycles. The summed E-state index contributed by atoms with van der Waals surface area (Å²) < 4.78 is 12.1. The summed E-state index contributed by atoms with van der Waals surface area (Å²) in [6.45, 7) is 5.49. The van der Waals surface area contributed by atoms with Crippen LogP contribution in [0.15, 0.2) is 44.6 Å². The molecule has 0 radical (unpaired) electrons. The highest BCUT2D eigenvalue weighted by Crippen LogP contribution is 2.31. The third-order valence-electron chi connectivity index (χ3n) is 5.39. The molecule has 1 aliphatic rings. The Labute approximate surface area is 204 Å². The van der Waals surface area contributed by atoms with Crippen LogP contribution in [0.3, 0.4) is 0 Å². The first-order chi connectivity index (χ1) is 15.7. The van der Waals surface area contributed by atoms with Crippen molar-refractivity contribution in [3.8, 4) is 5.75 Å². The minimum absolute atomic E-state index is 0.127. The van der Waals surface area contributed by atoms with Crippen LogP contribution in [0.4, 0.5) is 0 Å². The number of ether oxygens (including phenoxy) is 1. The van der Waals surface area contributed by atoms with Gasteiger partial charge in [-0.2, -0.15) is 5.10 Å². The third kappa shape index (κ3) is 4.86. The number of esters is 1. The number of carbonyl (C=O) groups excluding carboxylic acids is 2. The zero-order valence-corrected chi connectivity index (χ0v) is 20.6. The van der Waals surface area contributed by atoms with Crippen LogP contribution in [0.5, 0.6) is 5.75 Å². The molecule has 170 valence electrons. The average Bonchev–Trinajstić information content (AvgIpc) is 3.13. The fourth-order valence-electron chi connectivity index (χ4n) is 3.81. The lowest BCUT2D eigenvalue weighted by Gasteiger charge is -2.13. The summed E-state index contributed by atoms with van der Waals surface area (Å²) in [4.78, 5) is 29.3. The predicted octanol–water partition coefficient (Wildman–Crippen LogP) is 5.71. The molecule has 0 aliphatic heterocycles. The molecule has 2 aromatic heterocycles. The van der Waals surface area contributed by atoms with Gasteiger partial charge in [-0.1, -0.05) is 11.6 Å². The van der Waals surface area contributed by atoms with Crippen molar-refractivity contribution in [3.05, 3.63) is 79.4 Å². The van der Waals surface area contributed by atoms with Gasteiger partial charge in [0.2, 0.25) is 5.76 Å². The van der Waals surface area contributed by atoms with Gasteiger partial charge < -0.3 is 9.15 Å². The van der Waals surface area contributed by atoms with Crippen molar-refractivity contribution < 1.29 is 18.7 Å². The quantitative estimate of drug-likeness (QED) is 0.265. The van der Waals surface area contributed by atoms with Crippen molar-refractivity contribution in [2.45, 2.75) is 40.0 Å². The number of amides is 1. The largest absolute Gasteiger partial charge is 0.453 e. The minimum atomic E-state index is -0.591. The van der Waals surface area contributed by atoms with Gasteiger partial charge in [-0.3, -0.25) is 9.78 Å². The van der Waals surface area contributed by atoms with E-state index in [9.17, 15) is 9.59 Å². The molecule has 9 heteroatoms. The van der Waals surface area contributed by atoms with Gasteiger partial charge in [0.1, 0.15) is 11.5 Å². The molecule has 0 saturated carbocycles. The lowest BCUT2D eigenvalue weighted by atomic mass is 9.93. The van der Waals surface area contributed by atoms with Crippen LogP contribution in [0.1, 0.15) is 61.8 Å². The summed E-state index contributed by atoms with van der Waals surface area (Å²) >= 11 is 9.50. The summed E-state index contributed by atoms with van der Waals surface area (Å²) in [7, 11) is 0. The molecule has 3 aromatic rings. The van der Waals surface area contributed by atoms with Crippen LogP contribution in [-0.4, -0.2) is 22.6 Å². The maximum Gasteiger partial charge on any atom is 0.379 e. The Balaban J connectivity index is 1.58. The Morgan fingerprint density at radius 3 is 2.58 bits per heavy atom. The van der Waals surface area contributed by atoms with Crippen molar-refractivity contribution in [1.82, 2.24) is 10.4 Å². The van der Waals surface area contributed by atoms with Gasteiger partial charge in [-0.05, 0) is 78.9 Å². The first-order valence-electron chi connectivity index (χ1n) is 10.3. The topological polar surface area (TPSA) is 93.8 Å². The first-order valence-corrected chi connectivity index (χ1v) is 11.5. The van der Waals surface area contributed by atoms with Crippen LogP contribution < -0.4 is 10.2 Å². The van der Waals surface area contributed by atoms with Gasteiger partial charge in [0.15, 0.2) is 0 Å². The molecule has 0 bridgehead atoms. The zero-order valence-electron chi connectivity index (χ0n) is 18.3. The number of nitrogens with one attached hydrogen (secondary N) is 1. The van der Waals surface area contributed by atoms with E-state index >= 15 is 0 Å². The van der Waals surface area contributed by atoms with E-state index in [1.54, 1.807) is 31.3 Å². The number of halogens is 2. The third-order valence-corrected chi connectivity index (χ3v) is 6.42. The molecule has 7 nitrogen and oxygen atoms in total. The monoisotopic (exact) mass is 529 g/mol. The second-order valence-corrected chi connectivity index (χ2v) is 9.15. The zero-order chi connectivity index (χ0) is 23.7. The molecule has 1 aliphatic carbocycles. The van der Waals surface area contributed by atoms with E-state index in [0.29, 0.717) is 50.7 Å². The fourth-order valence-corrected chi connectivity index (χ4v) is 4.29. The number of hydrazone groups is 1. The number of rotatable bonds is 4. The number of fused-ring (bicyclic) bond motifs is 1. The molecule has 33 heavy (non-hydrogen) atoms. The Morgan fingerprint density at radius 1 is 1.15 bits per heavy atom. The molecular formula is C24H21BrClN3O4. The van der Waals surface area contributed by atoms with Gasteiger partial charge in [0.25, 0.3) is 5.91 Å². The Bertz CT molecular complexity index is 1280. The van der Waals surface area contributed by atoms with E-state index in [2.05, 4.69) is 31.4 Å². The van der Waals surface area contributed by atoms with E-state index in [4.69, 9.17) is 20.8 Å². The number of benzene rings is 1. The number of carbonyl (C=O) groups is 2. The van der Waals surface area contributed by atoms with Gasteiger partial charge in [-0.15, -0.1) is 0 Å². The maximum atomic E-state index is 12.9. The normalized spacial score (nSPS) is 14.2. The Morgan fingerprint density at radius 2 is 1.88 bits per heavy atom. The SMILES string of the molecule is Cc1cc(OC(=O)c2oc3c(c2C)/C(=N/NC(=O)c2cncc(Br)c2)CCC3)cc(C)c1Cl. The molecule has 0 fully saturated rings. The summed E-state index contributed by atoms with van der Waals surface area (Å²) in [6.07, 6.45) is 5.17. The summed E-state index contributed by atoms with van der Waals surface area (Å²) in [5.74, 6) is 0.218. The number of aromatic nitrogens is 1. The van der Waals surface area contributed by atoms with E-state index in [1.807, 2.05) is 13.8 Å². The first kappa shape index (κ1) is 23.2. The standard InChI is InChI=1S/C24H21BrClN3O4/c1-12-7-17(8-13(2)21(12)26)32-24(31)22-14(3)20-18(5-4-6-19(20)33-22)28-29-23(30)15-9-16(25)11-27-10-15/h7-11H,4-6H2,1-3H3,(H,29,30)/b28-18+. The summed E-state index contributed by atoms with van der Waals surface area (Å²) in [5, 5.41) is 4.97. The number of nitrogens with zero attached hydrogens (tertiary/aromatic N) is 2. The van der Waals surface area contributed by atoms with Gasteiger partial charge in [0, 0.05) is 39.4 Å². The van der Waals surface area contributed by atoms with Crippen LogP contribution in [-0.2, 0) is 6.42 Å². The van der Waals surface area contributed by atoms with E-state index in [1.165, 1.54) is 6.20 Å². The second kappa shape index (κ2) is 9.49. The van der Waals surface area contributed by atoms with Crippen molar-refractivity contribution >= 4 is 45.1 Å². The number of furan rings is 1. The maximum absolute atomic E-state index is 12.9. The number of aryl methyl sites for hydroxylation is 3. The highest BCUT2D eigenvalue weighted by Gasteiger charge is 2.29. The lowest BCUT2D eigenvalue weighted by Crippen LogP contribution is -2.22. The van der Waals surface area contributed by atoms with E-state index in [0.717, 1.165) is 23.1 Å². The minimum Gasteiger partial charge on any atom is -0.453 e. The van der Waals surface area contributed by atoms with Crippen LogP contribution in [0, 0.1) is 20.8 Å². The Kier molecular flexibility index (Phi) is 6.67. The average molecular weight is 531 g/mol. The molecule has 0 atom stereocenters. The number of hydrogen-bond donors (Lipinski definition) is 1. The molecular weight excluding hydrogens is 510 g/mol. The van der Waals surface area contributed by atoms with Crippen LogP contribution in [0.25, 0.3) is 0 Å². The predicted molar refractivity (Wildman–Crippen MR) is 128 cm³/mol. The van der Waals surface area contributed by atoms with Crippen molar-refractivity contribution in [3.63, 3.8) is 0 Å². The highest BCUT2D eigenvalue weighted by molar-refractivity contribution is 9.10. The molecule has 1 amide bonds. The molecule has 0 spiro atoms. The molecule has 0 saturated heterocycles. The van der Waals surface area contributed by atoms with Crippen LogP contribution in [0.2, 0.25) is 5.02 Å². The summed E-state index contributed by atoms with van der Waals surface area (Å²) in [6, 6.07) is 5.08. The Hall–Kier alpha value is -2.97. The van der Waals surface area contributed by atoms with Crippen LogP contribution >= 0.6 is 27.5 Å². The molecule has 0 unspecified atom stereocenters. The highest BCUT2D eigenvalue weighted by atomic mass is 79.9. The molecule has 1 aromatic carbocycles. The summed E-state index contributed by atoms with van der Waals surface area (Å²) in [5.41, 5.74) is 6.63. The smallest absolute Gasteiger partial charge is 0.379 e. The molecule has 4 rings (SSSR count). The number of pyridine rings is 1.